The average Bonchev–Trinajstić information content (AvgIpc) is 2.97. The van der Waals surface area contributed by atoms with Crippen LogP contribution in [0, 0.1) is 0 Å². The summed E-state index contributed by atoms with van der Waals surface area (Å²) in [6.45, 7) is 0. The van der Waals surface area contributed by atoms with Gasteiger partial charge in [0, 0.05) is 30.8 Å². The molecule has 0 aromatic heterocycles. The van der Waals surface area contributed by atoms with Crippen LogP contribution in [-0.4, -0.2) is 61.2 Å². The van der Waals surface area contributed by atoms with Crippen LogP contribution in [0.3, 0.4) is 0 Å². The molecule has 2 heterocycles. The number of hydrogen-bond acceptors (Lipinski definition) is 7. The Hall–Kier alpha value is -3.82. The molecule has 0 fully saturated rings. The van der Waals surface area contributed by atoms with Crippen LogP contribution in [-0.2, 0) is 20.8 Å². The van der Waals surface area contributed by atoms with Gasteiger partial charge in [-0.15, -0.1) is 0 Å². The standard InChI is InChI=1S/C18H16N2O8/c21-14-6-9-5-13(18(27)28)20(12(9)7-15(14)22)2-1-8-3-10(16(23)24)19-11(4-8)17(25)26/h1-3,6-7,11,13,21-22H,4-5H2,(H,23,24)(H,25,26)(H,27,28)/b2-1+/t11-,13?/m0/s1. The lowest BCUT2D eigenvalue weighted by atomic mass is 10.0. The molecule has 1 aromatic carbocycles. The second-order valence-electron chi connectivity index (χ2n) is 6.35. The fraction of sp³-hybridized carbons (Fsp3) is 0.222. The van der Waals surface area contributed by atoms with Gasteiger partial charge in [0.15, 0.2) is 17.5 Å². The lowest BCUT2D eigenvalue weighted by Gasteiger charge is -2.21. The van der Waals surface area contributed by atoms with Crippen LogP contribution >= 0.6 is 0 Å². The molecule has 2 atom stereocenters. The van der Waals surface area contributed by atoms with Gasteiger partial charge >= 0.3 is 17.9 Å². The minimum absolute atomic E-state index is 0.0537. The number of rotatable bonds is 5. The highest BCUT2D eigenvalue weighted by atomic mass is 16.4. The number of nitrogens with zero attached hydrogens (tertiary/aromatic N) is 2. The fourth-order valence-electron chi connectivity index (χ4n) is 3.14. The van der Waals surface area contributed by atoms with E-state index < -0.39 is 41.5 Å². The summed E-state index contributed by atoms with van der Waals surface area (Å²) in [7, 11) is 0. The highest BCUT2D eigenvalue weighted by Gasteiger charge is 2.34. The normalized spacial score (nSPS) is 21.2. The fourth-order valence-corrected chi connectivity index (χ4v) is 3.14. The van der Waals surface area contributed by atoms with Gasteiger partial charge in [-0.05, 0) is 29.4 Å². The molecule has 5 N–H and O–H groups in total. The number of aromatic hydroxyl groups is 2. The van der Waals surface area contributed by atoms with E-state index in [0.29, 0.717) is 16.8 Å². The largest absolute Gasteiger partial charge is 0.504 e. The van der Waals surface area contributed by atoms with Gasteiger partial charge in [0.1, 0.15) is 11.8 Å². The van der Waals surface area contributed by atoms with E-state index in [1.165, 1.54) is 35.4 Å². The summed E-state index contributed by atoms with van der Waals surface area (Å²) >= 11 is 0. The molecule has 2 aliphatic rings. The van der Waals surface area contributed by atoms with Crippen molar-refractivity contribution >= 4 is 29.3 Å². The third kappa shape index (κ3) is 3.52. The van der Waals surface area contributed by atoms with Crippen LogP contribution < -0.4 is 4.90 Å². The second kappa shape index (κ2) is 7.06. The minimum Gasteiger partial charge on any atom is -0.504 e. The van der Waals surface area contributed by atoms with E-state index >= 15 is 0 Å². The number of carboxylic acid groups (broad SMARTS) is 3. The minimum atomic E-state index is -1.37. The Balaban J connectivity index is 1.95. The van der Waals surface area contributed by atoms with E-state index in [1.54, 1.807) is 0 Å². The molecular formula is C18H16N2O8. The van der Waals surface area contributed by atoms with Crippen LogP contribution in [0.2, 0.25) is 0 Å². The summed E-state index contributed by atoms with van der Waals surface area (Å²) in [6, 6.07) is 0.263. The molecule has 1 aromatic rings. The van der Waals surface area contributed by atoms with Crippen molar-refractivity contribution in [2.45, 2.75) is 24.9 Å². The molecule has 0 aliphatic carbocycles. The summed E-state index contributed by atoms with van der Waals surface area (Å²) in [5.41, 5.74) is 0.830. The molecule has 28 heavy (non-hydrogen) atoms. The molecule has 10 nitrogen and oxygen atoms in total. The number of hydrogen-bond donors (Lipinski definition) is 5. The number of phenolic OH excluding ortho intramolecular Hbond substituents is 2. The predicted molar refractivity (Wildman–Crippen MR) is 95.7 cm³/mol. The van der Waals surface area contributed by atoms with Gasteiger partial charge in [-0.1, -0.05) is 0 Å². The predicted octanol–water partition coefficient (Wildman–Crippen LogP) is 0.736. The number of fused-ring (bicyclic) bond motifs is 1. The van der Waals surface area contributed by atoms with Gasteiger partial charge in [0.25, 0.3) is 0 Å². The van der Waals surface area contributed by atoms with Crippen molar-refractivity contribution in [3.63, 3.8) is 0 Å². The number of aliphatic imine (C=N–C) groups is 1. The van der Waals surface area contributed by atoms with E-state index in [0.717, 1.165) is 0 Å². The molecular weight excluding hydrogens is 372 g/mol. The number of phenols is 2. The molecule has 3 rings (SSSR count). The summed E-state index contributed by atoms with van der Waals surface area (Å²) < 4.78 is 0. The maximum atomic E-state index is 11.6. The van der Waals surface area contributed by atoms with E-state index in [-0.39, 0.29) is 18.6 Å². The smallest absolute Gasteiger partial charge is 0.354 e. The molecule has 1 unspecified atom stereocenters. The molecule has 146 valence electrons. The Bertz CT molecular complexity index is 963. The zero-order chi connectivity index (χ0) is 20.6. The van der Waals surface area contributed by atoms with Crippen molar-refractivity contribution in [3.8, 4) is 11.5 Å². The maximum Gasteiger partial charge on any atom is 0.354 e. The van der Waals surface area contributed by atoms with Crippen molar-refractivity contribution < 1.29 is 39.9 Å². The Morgan fingerprint density at radius 1 is 1.04 bits per heavy atom. The van der Waals surface area contributed by atoms with Crippen LogP contribution in [0.25, 0.3) is 0 Å². The molecule has 0 saturated heterocycles. The third-order valence-electron chi connectivity index (χ3n) is 4.49. The van der Waals surface area contributed by atoms with Gasteiger partial charge in [0.2, 0.25) is 0 Å². The van der Waals surface area contributed by atoms with E-state index in [1.807, 2.05) is 0 Å². The van der Waals surface area contributed by atoms with Crippen LogP contribution in [0.5, 0.6) is 11.5 Å². The van der Waals surface area contributed by atoms with Crippen molar-refractivity contribution in [1.29, 1.82) is 0 Å². The van der Waals surface area contributed by atoms with E-state index in [9.17, 15) is 29.7 Å². The first-order valence-corrected chi connectivity index (χ1v) is 8.16. The number of aliphatic carboxylic acids is 3. The Kier molecular flexibility index (Phi) is 4.78. The van der Waals surface area contributed by atoms with Gasteiger partial charge in [-0.25, -0.2) is 14.4 Å². The summed E-state index contributed by atoms with van der Waals surface area (Å²) in [6.07, 6.45) is 4.06. The SMILES string of the molecule is O=C(O)C1=N[C@H](C(=O)O)CC(/C=C/N2c3cc(O)c(O)cc3CC2C(=O)O)=C1. The zero-order valence-electron chi connectivity index (χ0n) is 14.3. The summed E-state index contributed by atoms with van der Waals surface area (Å²) in [5, 5.41) is 47.1. The quantitative estimate of drug-likeness (QED) is 0.457. The van der Waals surface area contributed by atoms with Gasteiger partial charge in [0.05, 0.1) is 0 Å². The molecule has 0 saturated carbocycles. The summed E-state index contributed by atoms with van der Waals surface area (Å²) in [5.74, 6) is -4.55. The first kappa shape index (κ1) is 19.0. The number of anilines is 1. The molecule has 10 heteroatoms. The topological polar surface area (TPSA) is 168 Å². The van der Waals surface area contributed by atoms with Crippen molar-refractivity contribution in [2.24, 2.45) is 4.99 Å². The Labute approximate surface area is 158 Å². The van der Waals surface area contributed by atoms with Crippen LogP contribution in [0.1, 0.15) is 12.0 Å². The van der Waals surface area contributed by atoms with Crippen molar-refractivity contribution in [1.82, 2.24) is 0 Å². The third-order valence-corrected chi connectivity index (χ3v) is 4.49. The molecule has 0 radical (unpaired) electrons. The molecule has 0 spiro atoms. The zero-order valence-corrected chi connectivity index (χ0v) is 14.3. The maximum absolute atomic E-state index is 11.6. The average molecular weight is 388 g/mol. The highest BCUT2D eigenvalue weighted by Crippen LogP contribution is 2.40. The molecule has 2 aliphatic heterocycles. The lowest BCUT2D eigenvalue weighted by molar-refractivity contribution is -0.139. The summed E-state index contributed by atoms with van der Waals surface area (Å²) in [4.78, 5) is 39.0. The lowest BCUT2D eigenvalue weighted by Crippen LogP contribution is -2.34. The first-order valence-electron chi connectivity index (χ1n) is 8.16. The Morgan fingerprint density at radius 3 is 2.32 bits per heavy atom. The molecule has 0 amide bonds. The monoisotopic (exact) mass is 388 g/mol. The molecule has 0 bridgehead atoms. The van der Waals surface area contributed by atoms with E-state index in [4.69, 9.17) is 10.2 Å². The van der Waals surface area contributed by atoms with Gasteiger partial charge in [-0.3, -0.25) is 4.99 Å². The Morgan fingerprint density at radius 2 is 1.71 bits per heavy atom. The number of dihydropyridines is 1. The number of carbonyl (C=O) groups is 3. The van der Waals surface area contributed by atoms with E-state index in [2.05, 4.69) is 4.99 Å². The van der Waals surface area contributed by atoms with Crippen LogP contribution in [0.15, 0.2) is 41.1 Å². The van der Waals surface area contributed by atoms with Gasteiger partial charge < -0.3 is 30.4 Å². The van der Waals surface area contributed by atoms with Gasteiger partial charge in [-0.2, -0.15) is 0 Å². The first-order chi connectivity index (χ1) is 13.2. The van der Waals surface area contributed by atoms with Crippen molar-refractivity contribution in [3.05, 3.63) is 41.6 Å². The number of carboxylic acids is 3. The number of benzene rings is 1. The second-order valence-corrected chi connectivity index (χ2v) is 6.35. The number of allylic oxidation sites excluding steroid dienone is 1. The van der Waals surface area contributed by atoms with Crippen molar-refractivity contribution in [2.75, 3.05) is 4.90 Å². The highest BCUT2D eigenvalue weighted by molar-refractivity contribution is 6.41. The van der Waals surface area contributed by atoms with Crippen LogP contribution in [0.4, 0.5) is 5.69 Å².